The van der Waals surface area contributed by atoms with E-state index in [1.807, 2.05) is 30.3 Å². The summed E-state index contributed by atoms with van der Waals surface area (Å²) in [5.41, 5.74) is 7.98. The van der Waals surface area contributed by atoms with Crippen molar-refractivity contribution in [1.29, 1.82) is 0 Å². The van der Waals surface area contributed by atoms with Gasteiger partial charge in [0.25, 0.3) is 0 Å². The number of nitrogens with two attached hydrogens (primary N) is 1. The quantitative estimate of drug-likeness (QED) is 0.921. The first-order valence-corrected chi connectivity index (χ1v) is 5.96. The molecule has 2 N–H and O–H groups in total. The third kappa shape index (κ3) is 2.26. The lowest BCUT2D eigenvalue weighted by Gasteiger charge is -2.14. The van der Waals surface area contributed by atoms with E-state index in [-0.39, 0.29) is 6.04 Å². The summed E-state index contributed by atoms with van der Waals surface area (Å²) in [7, 11) is 0. The lowest BCUT2D eigenvalue weighted by molar-refractivity contribution is 0.862. The monoisotopic (exact) mass is 296 g/mol. The van der Waals surface area contributed by atoms with E-state index < -0.39 is 0 Å². The normalized spacial score (nSPS) is 12.4. The number of benzene rings is 1. The largest absolute Gasteiger partial charge is 0.320 e. The second kappa shape index (κ2) is 4.95. The summed E-state index contributed by atoms with van der Waals surface area (Å²) in [5.74, 6) is 0. The van der Waals surface area contributed by atoms with E-state index in [0.29, 0.717) is 5.02 Å². The molecule has 4 heteroatoms. The zero-order chi connectivity index (χ0) is 11.5. The minimum atomic E-state index is -0.251. The Bertz CT molecular complexity index is 488. The van der Waals surface area contributed by atoms with Crippen LogP contribution in [0.1, 0.15) is 17.2 Å². The van der Waals surface area contributed by atoms with Crippen molar-refractivity contribution in [2.45, 2.75) is 6.04 Å². The van der Waals surface area contributed by atoms with Crippen LogP contribution in [-0.2, 0) is 0 Å². The van der Waals surface area contributed by atoms with Gasteiger partial charge >= 0.3 is 0 Å². The first-order valence-electron chi connectivity index (χ1n) is 4.79. The van der Waals surface area contributed by atoms with Crippen LogP contribution in [0.5, 0.6) is 0 Å². The molecule has 1 aromatic carbocycles. The van der Waals surface area contributed by atoms with Crippen LogP contribution < -0.4 is 5.73 Å². The highest BCUT2D eigenvalue weighted by atomic mass is 79.9. The molecule has 0 saturated heterocycles. The van der Waals surface area contributed by atoms with Gasteiger partial charge in [0.1, 0.15) is 0 Å². The van der Waals surface area contributed by atoms with Crippen molar-refractivity contribution < 1.29 is 0 Å². The number of nitrogens with zero attached hydrogens (tertiary/aromatic N) is 1. The third-order valence-electron chi connectivity index (χ3n) is 2.36. The predicted octanol–water partition coefficient (Wildman–Crippen LogP) is 3.55. The molecule has 1 atom stereocenters. The second-order valence-electron chi connectivity index (χ2n) is 3.41. The lowest BCUT2D eigenvalue weighted by Crippen LogP contribution is -2.12. The SMILES string of the molecule is NC(c1cccnc1)c1cccc(Br)c1Cl. The highest BCUT2D eigenvalue weighted by Crippen LogP contribution is 2.31. The molecule has 2 nitrogen and oxygen atoms in total. The summed E-state index contributed by atoms with van der Waals surface area (Å²) in [5, 5.41) is 0.652. The maximum absolute atomic E-state index is 6.19. The molecule has 1 aromatic heterocycles. The fraction of sp³-hybridized carbons (Fsp3) is 0.0833. The Labute approximate surface area is 108 Å². The van der Waals surface area contributed by atoms with Crippen molar-refractivity contribution in [3.05, 3.63) is 63.3 Å². The summed E-state index contributed by atoms with van der Waals surface area (Å²) in [4.78, 5) is 4.05. The Balaban J connectivity index is 2.42. The Kier molecular flexibility index (Phi) is 3.59. The fourth-order valence-corrected chi connectivity index (χ4v) is 2.13. The van der Waals surface area contributed by atoms with E-state index >= 15 is 0 Å². The van der Waals surface area contributed by atoms with E-state index in [4.69, 9.17) is 17.3 Å². The Hall–Kier alpha value is -0.900. The smallest absolute Gasteiger partial charge is 0.0599 e. The summed E-state index contributed by atoms with van der Waals surface area (Å²) in [6.07, 6.45) is 3.47. The minimum Gasteiger partial charge on any atom is -0.320 e. The van der Waals surface area contributed by atoms with Crippen LogP contribution in [0.2, 0.25) is 5.02 Å². The Morgan fingerprint density at radius 1 is 1.25 bits per heavy atom. The molecule has 2 aromatic rings. The molecule has 16 heavy (non-hydrogen) atoms. The number of pyridine rings is 1. The molecule has 0 aliphatic heterocycles. The maximum atomic E-state index is 6.19. The van der Waals surface area contributed by atoms with Gasteiger partial charge in [-0.15, -0.1) is 0 Å². The molecule has 0 bridgehead atoms. The van der Waals surface area contributed by atoms with Gasteiger partial charge in [-0.3, -0.25) is 4.98 Å². The highest BCUT2D eigenvalue weighted by Gasteiger charge is 2.13. The molecule has 0 saturated carbocycles. The maximum Gasteiger partial charge on any atom is 0.0599 e. The van der Waals surface area contributed by atoms with Crippen LogP contribution in [0.4, 0.5) is 0 Å². The lowest BCUT2D eigenvalue weighted by atomic mass is 10.0. The molecule has 0 aliphatic rings. The van der Waals surface area contributed by atoms with Crippen molar-refractivity contribution in [3.63, 3.8) is 0 Å². The summed E-state index contributed by atoms with van der Waals surface area (Å²) in [6.45, 7) is 0. The molecule has 0 amide bonds. The van der Waals surface area contributed by atoms with Crippen molar-refractivity contribution in [1.82, 2.24) is 4.98 Å². The van der Waals surface area contributed by atoms with Crippen molar-refractivity contribution in [2.75, 3.05) is 0 Å². The Morgan fingerprint density at radius 2 is 2.06 bits per heavy atom. The standard InChI is InChI=1S/C12H10BrClN2/c13-10-5-1-4-9(11(10)14)12(15)8-3-2-6-16-7-8/h1-7,12H,15H2. The van der Waals surface area contributed by atoms with Crippen molar-refractivity contribution in [2.24, 2.45) is 5.73 Å². The number of hydrogen-bond acceptors (Lipinski definition) is 2. The summed E-state index contributed by atoms with van der Waals surface area (Å²) < 4.78 is 0.853. The molecule has 2 rings (SSSR count). The van der Waals surface area contributed by atoms with Crippen molar-refractivity contribution in [3.8, 4) is 0 Å². The first-order chi connectivity index (χ1) is 7.70. The van der Waals surface area contributed by atoms with Gasteiger partial charge in [-0.05, 0) is 39.2 Å². The van der Waals surface area contributed by atoms with Gasteiger partial charge in [-0.1, -0.05) is 29.8 Å². The molecule has 0 spiro atoms. The van der Waals surface area contributed by atoms with Gasteiger partial charge in [0, 0.05) is 16.9 Å². The summed E-state index contributed by atoms with van der Waals surface area (Å²) in [6, 6.07) is 9.28. The van der Waals surface area contributed by atoms with Crippen LogP contribution in [0, 0.1) is 0 Å². The first kappa shape index (κ1) is 11.6. The van der Waals surface area contributed by atoms with Gasteiger partial charge in [-0.25, -0.2) is 0 Å². The molecule has 1 heterocycles. The van der Waals surface area contributed by atoms with Gasteiger partial charge in [0.2, 0.25) is 0 Å². The number of aromatic nitrogens is 1. The molecule has 0 radical (unpaired) electrons. The van der Waals surface area contributed by atoms with Gasteiger partial charge < -0.3 is 5.73 Å². The molecule has 1 unspecified atom stereocenters. The van der Waals surface area contributed by atoms with Crippen LogP contribution in [0.3, 0.4) is 0 Å². The molecular formula is C12H10BrClN2. The van der Waals surface area contributed by atoms with E-state index in [1.54, 1.807) is 12.4 Å². The minimum absolute atomic E-state index is 0.251. The number of hydrogen-bond donors (Lipinski definition) is 1. The van der Waals surface area contributed by atoms with Crippen molar-refractivity contribution >= 4 is 27.5 Å². The number of halogens is 2. The molecular weight excluding hydrogens is 288 g/mol. The number of rotatable bonds is 2. The van der Waals surface area contributed by atoms with E-state index in [9.17, 15) is 0 Å². The zero-order valence-electron chi connectivity index (χ0n) is 8.40. The fourth-order valence-electron chi connectivity index (χ4n) is 1.50. The predicted molar refractivity (Wildman–Crippen MR) is 69.4 cm³/mol. The average Bonchev–Trinajstić information content (AvgIpc) is 2.33. The topological polar surface area (TPSA) is 38.9 Å². The zero-order valence-corrected chi connectivity index (χ0v) is 10.7. The molecule has 0 aliphatic carbocycles. The van der Waals surface area contributed by atoms with Crippen LogP contribution in [-0.4, -0.2) is 4.98 Å². The Morgan fingerprint density at radius 3 is 2.75 bits per heavy atom. The van der Waals surface area contributed by atoms with Crippen LogP contribution in [0.25, 0.3) is 0 Å². The summed E-state index contributed by atoms with van der Waals surface area (Å²) >= 11 is 9.57. The third-order valence-corrected chi connectivity index (χ3v) is 3.67. The average molecular weight is 298 g/mol. The van der Waals surface area contributed by atoms with E-state index in [0.717, 1.165) is 15.6 Å². The molecule has 82 valence electrons. The van der Waals surface area contributed by atoms with Crippen LogP contribution in [0.15, 0.2) is 47.2 Å². The van der Waals surface area contributed by atoms with Crippen LogP contribution >= 0.6 is 27.5 Å². The highest BCUT2D eigenvalue weighted by molar-refractivity contribution is 9.10. The van der Waals surface area contributed by atoms with E-state index in [2.05, 4.69) is 20.9 Å². The van der Waals surface area contributed by atoms with Gasteiger partial charge in [0.05, 0.1) is 11.1 Å². The van der Waals surface area contributed by atoms with E-state index in [1.165, 1.54) is 0 Å². The second-order valence-corrected chi connectivity index (χ2v) is 4.64. The van der Waals surface area contributed by atoms with Gasteiger partial charge in [-0.2, -0.15) is 0 Å². The molecule has 0 fully saturated rings. The van der Waals surface area contributed by atoms with Gasteiger partial charge in [0.15, 0.2) is 0 Å².